The van der Waals surface area contributed by atoms with E-state index >= 15 is 0 Å². The molecule has 2 aromatic rings. The number of hydrogen-bond acceptors (Lipinski definition) is 5. The lowest BCUT2D eigenvalue weighted by molar-refractivity contribution is 0.0781. The van der Waals surface area contributed by atoms with Gasteiger partial charge in [-0.1, -0.05) is 0 Å². The molecule has 3 N–H and O–H groups in total. The zero-order valence-corrected chi connectivity index (χ0v) is 10.9. The molecule has 2 rings (SSSR count). The largest absolute Gasteiger partial charge is 0.337 e. The molecule has 0 fully saturated rings. The van der Waals surface area contributed by atoms with Crippen LogP contribution in [0, 0.1) is 0 Å². The Hall–Kier alpha value is -2.41. The normalized spacial score (nSPS) is 10.3. The van der Waals surface area contributed by atoms with Crippen molar-refractivity contribution in [2.45, 2.75) is 6.54 Å². The summed E-state index contributed by atoms with van der Waals surface area (Å²) < 4.78 is 1.87. The number of nitrogens with two attached hydrogens (primary N) is 1. The van der Waals surface area contributed by atoms with Gasteiger partial charge in [0.25, 0.3) is 5.91 Å². The molecule has 0 saturated carbocycles. The number of imidazole rings is 1. The number of carbonyl (C=O) groups excluding carboxylic acids is 1. The minimum Gasteiger partial charge on any atom is -0.337 e. The van der Waals surface area contributed by atoms with E-state index in [1.807, 2.05) is 17.8 Å². The fourth-order valence-electron chi connectivity index (χ4n) is 1.73. The number of nitrogens with zero attached hydrogens (tertiary/aromatic N) is 4. The van der Waals surface area contributed by atoms with E-state index in [0.29, 0.717) is 17.8 Å². The van der Waals surface area contributed by atoms with Gasteiger partial charge in [-0.05, 0) is 6.07 Å². The molecule has 2 aromatic heterocycles. The summed E-state index contributed by atoms with van der Waals surface area (Å²) in [5, 5.41) is 0. The van der Waals surface area contributed by atoms with Crippen molar-refractivity contribution in [1.29, 1.82) is 0 Å². The maximum atomic E-state index is 12.3. The number of nitrogens with one attached hydrogen (secondary N) is 1. The van der Waals surface area contributed by atoms with Crippen molar-refractivity contribution in [2.24, 2.45) is 12.9 Å². The van der Waals surface area contributed by atoms with Crippen LogP contribution in [-0.2, 0) is 13.6 Å². The lowest BCUT2D eigenvalue weighted by Crippen LogP contribution is -2.28. The minimum absolute atomic E-state index is 0.140. The standard InChI is InChI=1S/C12H16N6O/c1-17-6-5-15-11(17)8-18(2)12(19)9-3-4-14-7-10(9)16-13/h3-7,16H,8,13H2,1-2H3. The predicted molar refractivity (Wildman–Crippen MR) is 71.1 cm³/mol. The van der Waals surface area contributed by atoms with Crippen LogP contribution in [0.25, 0.3) is 0 Å². The zero-order chi connectivity index (χ0) is 13.8. The maximum Gasteiger partial charge on any atom is 0.256 e. The molecule has 0 spiro atoms. The van der Waals surface area contributed by atoms with E-state index in [9.17, 15) is 4.79 Å². The number of pyridine rings is 1. The number of anilines is 1. The molecular weight excluding hydrogens is 244 g/mol. The number of nitrogen functional groups attached to an aromatic ring is 1. The molecule has 7 nitrogen and oxygen atoms in total. The highest BCUT2D eigenvalue weighted by Crippen LogP contribution is 2.15. The Morgan fingerprint density at radius 3 is 2.95 bits per heavy atom. The molecule has 1 amide bonds. The molecule has 0 radical (unpaired) electrons. The SMILES string of the molecule is CN(Cc1nccn1C)C(=O)c1ccncc1NN. The summed E-state index contributed by atoms with van der Waals surface area (Å²) in [6.07, 6.45) is 6.62. The Morgan fingerprint density at radius 1 is 1.53 bits per heavy atom. The molecule has 100 valence electrons. The first-order valence-corrected chi connectivity index (χ1v) is 5.75. The Kier molecular flexibility index (Phi) is 3.76. The summed E-state index contributed by atoms with van der Waals surface area (Å²) in [5.41, 5.74) is 3.45. The summed E-state index contributed by atoms with van der Waals surface area (Å²) in [6.45, 7) is 0.425. The molecule has 0 aromatic carbocycles. The second kappa shape index (κ2) is 5.49. The van der Waals surface area contributed by atoms with Crippen LogP contribution in [0.1, 0.15) is 16.2 Å². The minimum atomic E-state index is -0.140. The smallest absolute Gasteiger partial charge is 0.256 e. The number of rotatable bonds is 4. The highest BCUT2D eigenvalue weighted by molar-refractivity contribution is 5.99. The van der Waals surface area contributed by atoms with Crippen LogP contribution < -0.4 is 11.3 Å². The van der Waals surface area contributed by atoms with Gasteiger partial charge in [0.15, 0.2) is 0 Å². The van der Waals surface area contributed by atoms with Crippen LogP contribution in [0.2, 0.25) is 0 Å². The Labute approximate surface area is 111 Å². The van der Waals surface area contributed by atoms with E-state index in [-0.39, 0.29) is 5.91 Å². The van der Waals surface area contributed by atoms with Crippen molar-refractivity contribution >= 4 is 11.6 Å². The molecule has 0 aliphatic heterocycles. The molecule has 0 aliphatic carbocycles. The highest BCUT2D eigenvalue weighted by Gasteiger charge is 2.16. The van der Waals surface area contributed by atoms with Gasteiger partial charge in [-0.15, -0.1) is 0 Å². The highest BCUT2D eigenvalue weighted by atomic mass is 16.2. The van der Waals surface area contributed by atoms with Gasteiger partial charge in [-0.25, -0.2) is 4.98 Å². The predicted octanol–water partition coefficient (Wildman–Crippen LogP) is 0.373. The van der Waals surface area contributed by atoms with Gasteiger partial charge in [0.1, 0.15) is 5.82 Å². The molecule has 7 heteroatoms. The lowest BCUT2D eigenvalue weighted by atomic mass is 10.2. The third-order valence-electron chi connectivity index (χ3n) is 2.85. The topological polar surface area (TPSA) is 89.1 Å². The quantitative estimate of drug-likeness (QED) is 0.612. The van der Waals surface area contributed by atoms with Gasteiger partial charge in [-0.3, -0.25) is 15.6 Å². The Balaban J connectivity index is 2.17. The van der Waals surface area contributed by atoms with Crippen molar-refractivity contribution in [1.82, 2.24) is 19.4 Å². The first-order valence-electron chi connectivity index (χ1n) is 5.75. The van der Waals surface area contributed by atoms with Crippen LogP contribution in [0.3, 0.4) is 0 Å². The number of aromatic nitrogens is 3. The average Bonchev–Trinajstić information content (AvgIpc) is 2.83. The maximum absolute atomic E-state index is 12.3. The van der Waals surface area contributed by atoms with Gasteiger partial charge in [0.05, 0.1) is 24.0 Å². The monoisotopic (exact) mass is 260 g/mol. The summed E-state index contributed by atoms with van der Waals surface area (Å²) in [6, 6.07) is 1.63. The van der Waals surface area contributed by atoms with Crippen LogP contribution in [0.15, 0.2) is 30.9 Å². The first-order chi connectivity index (χ1) is 9.13. The van der Waals surface area contributed by atoms with Crippen molar-refractivity contribution < 1.29 is 4.79 Å². The van der Waals surface area contributed by atoms with Gasteiger partial charge < -0.3 is 14.9 Å². The van der Waals surface area contributed by atoms with E-state index in [4.69, 9.17) is 5.84 Å². The number of aryl methyl sites for hydroxylation is 1. The Bertz CT molecular complexity index is 579. The van der Waals surface area contributed by atoms with E-state index in [1.165, 1.54) is 6.20 Å². The fourth-order valence-corrected chi connectivity index (χ4v) is 1.73. The van der Waals surface area contributed by atoms with Gasteiger partial charge in [0, 0.05) is 32.7 Å². The average molecular weight is 260 g/mol. The Morgan fingerprint density at radius 2 is 2.32 bits per heavy atom. The molecule has 19 heavy (non-hydrogen) atoms. The summed E-state index contributed by atoms with van der Waals surface area (Å²) in [5.74, 6) is 6.04. The second-order valence-corrected chi connectivity index (χ2v) is 4.18. The van der Waals surface area contributed by atoms with Gasteiger partial charge in [0.2, 0.25) is 0 Å². The molecule has 0 unspecified atom stereocenters. The van der Waals surface area contributed by atoms with Crippen molar-refractivity contribution in [3.05, 3.63) is 42.2 Å². The number of amides is 1. The van der Waals surface area contributed by atoms with Crippen molar-refractivity contribution in [3.63, 3.8) is 0 Å². The number of hydrazine groups is 1. The third kappa shape index (κ3) is 2.71. The van der Waals surface area contributed by atoms with E-state index in [2.05, 4.69) is 15.4 Å². The van der Waals surface area contributed by atoms with Crippen LogP contribution in [-0.4, -0.2) is 32.4 Å². The first kappa shape index (κ1) is 13.0. The van der Waals surface area contributed by atoms with Crippen LogP contribution in [0.5, 0.6) is 0 Å². The molecule has 0 saturated heterocycles. The van der Waals surface area contributed by atoms with Crippen molar-refractivity contribution in [3.8, 4) is 0 Å². The van der Waals surface area contributed by atoms with Gasteiger partial charge in [-0.2, -0.15) is 0 Å². The lowest BCUT2D eigenvalue weighted by Gasteiger charge is -2.18. The van der Waals surface area contributed by atoms with E-state index in [0.717, 1.165) is 5.82 Å². The molecular formula is C12H16N6O. The molecule has 0 bridgehead atoms. The van der Waals surface area contributed by atoms with Crippen LogP contribution >= 0.6 is 0 Å². The summed E-state index contributed by atoms with van der Waals surface area (Å²) in [7, 11) is 3.61. The fraction of sp³-hybridized carbons (Fsp3) is 0.250. The summed E-state index contributed by atoms with van der Waals surface area (Å²) >= 11 is 0. The second-order valence-electron chi connectivity index (χ2n) is 4.18. The number of hydrogen-bond donors (Lipinski definition) is 2. The van der Waals surface area contributed by atoms with Gasteiger partial charge >= 0.3 is 0 Å². The van der Waals surface area contributed by atoms with Crippen molar-refractivity contribution in [2.75, 3.05) is 12.5 Å². The zero-order valence-electron chi connectivity index (χ0n) is 10.9. The van der Waals surface area contributed by atoms with E-state index in [1.54, 1.807) is 30.4 Å². The number of carbonyl (C=O) groups is 1. The van der Waals surface area contributed by atoms with E-state index < -0.39 is 0 Å². The third-order valence-corrected chi connectivity index (χ3v) is 2.85. The molecule has 0 aliphatic rings. The molecule has 0 atom stereocenters. The summed E-state index contributed by atoms with van der Waals surface area (Å²) in [4.78, 5) is 22.0. The molecule has 2 heterocycles. The van der Waals surface area contributed by atoms with Crippen LogP contribution in [0.4, 0.5) is 5.69 Å².